The fraction of sp³-hybridized carbons (Fsp3) is 0.538. The van der Waals surface area contributed by atoms with Crippen LogP contribution in [-0.2, 0) is 0 Å². The van der Waals surface area contributed by atoms with Crippen LogP contribution in [0.1, 0.15) is 25.7 Å². The summed E-state index contributed by atoms with van der Waals surface area (Å²) in [5, 5.41) is 10.7. The van der Waals surface area contributed by atoms with Crippen molar-refractivity contribution in [3.8, 4) is 5.75 Å². The van der Waals surface area contributed by atoms with Gasteiger partial charge in [0.2, 0.25) is 0 Å². The Hall–Kier alpha value is -0.770. The Morgan fingerprint density at radius 2 is 1.88 bits per heavy atom. The molecule has 2 rings (SSSR count). The first-order valence-electron chi connectivity index (χ1n) is 5.96. The zero-order valence-corrected chi connectivity index (χ0v) is 10.5. The van der Waals surface area contributed by atoms with Crippen LogP contribution in [-0.4, -0.2) is 23.4 Å². The summed E-state index contributed by atoms with van der Waals surface area (Å²) in [5.41, 5.74) is 4.87. The van der Waals surface area contributed by atoms with Gasteiger partial charge in [-0.15, -0.1) is 0 Å². The van der Waals surface area contributed by atoms with Crippen LogP contribution in [0, 0.1) is 0 Å². The first-order chi connectivity index (χ1) is 8.11. The number of hydrogen-bond acceptors (Lipinski definition) is 3. The van der Waals surface area contributed by atoms with E-state index in [1.165, 1.54) is 0 Å². The van der Waals surface area contributed by atoms with Gasteiger partial charge in [0.05, 0.1) is 11.7 Å². The normalized spacial score (nSPS) is 29.0. The van der Waals surface area contributed by atoms with E-state index in [2.05, 4.69) is 0 Å². The Kier molecular flexibility index (Phi) is 3.92. The zero-order chi connectivity index (χ0) is 12.3. The van der Waals surface area contributed by atoms with Crippen LogP contribution in [0.3, 0.4) is 0 Å². The van der Waals surface area contributed by atoms with Crippen molar-refractivity contribution in [2.75, 3.05) is 6.54 Å². The van der Waals surface area contributed by atoms with Crippen molar-refractivity contribution in [3.63, 3.8) is 0 Å². The van der Waals surface area contributed by atoms with Crippen molar-refractivity contribution in [3.05, 3.63) is 29.3 Å². The second-order valence-corrected chi connectivity index (χ2v) is 5.14. The van der Waals surface area contributed by atoms with E-state index in [-0.39, 0.29) is 6.10 Å². The number of nitrogens with two attached hydrogens (primary N) is 1. The number of hydrogen-bond donors (Lipinski definition) is 2. The molecule has 1 aromatic rings. The van der Waals surface area contributed by atoms with Crippen molar-refractivity contribution in [1.82, 2.24) is 0 Å². The van der Waals surface area contributed by atoms with Gasteiger partial charge in [-0.25, -0.2) is 0 Å². The van der Waals surface area contributed by atoms with Gasteiger partial charge in [0.25, 0.3) is 0 Å². The highest BCUT2D eigenvalue weighted by atomic mass is 35.5. The molecule has 94 valence electrons. The highest BCUT2D eigenvalue weighted by Crippen LogP contribution is 2.30. The molecule has 4 heteroatoms. The van der Waals surface area contributed by atoms with Gasteiger partial charge in [0.15, 0.2) is 0 Å². The molecule has 17 heavy (non-hydrogen) atoms. The lowest BCUT2D eigenvalue weighted by molar-refractivity contribution is -0.0183. The number of halogens is 1. The minimum atomic E-state index is -0.681. The van der Waals surface area contributed by atoms with Gasteiger partial charge in [-0.2, -0.15) is 0 Å². The molecule has 1 aromatic carbocycles. The summed E-state index contributed by atoms with van der Waals surface area (Å²) in [6.07, 6.45) is 3.28. The smallest absolute Gasteiger partial charge is 0.119 e. The molecule has 3 nitrogen and oxygen atoms in total. The second kappa shape index (κ2) is 5.25. The molecule has 1 fully saturated rings. The van der Waals surface area contributed by atoms with Crippen LogP contribution in [0.4, 0.5) is 0 Å². The molecule has 0 bridgehead atoms. The molecule has 3 N–H and O–H groups in total. The summed E-state index contributed by atoms with van der Waals surface area (Å²) in [6, 6.07) is 7.37. The molecule has 0 spiro atoms. The third kappa shape index (κ3) is 3.35. The van der Waals surface area contributed by atoms with Gasteiger partial charge < -0.3 is 15.6 Å². The second-order valence-electron chi connectivity index (χ2n) is 4.70. The molecule has 0 unspecified atom stereocenters. The van der Waals surface area contributed by atoms with E-state index in [4.69, 9.17) is 22.1 Å². The van der Waals surface area contributed by atoms with E-state index >= 15 is 0 Å². The predicted octanol–water partition coefficient (Wildman–Crippen LogP) is 2.35. The maximum atomic E-state index is 10.0. The molecular weight excluding hydrogens is 238 g/mol. The van der Waals surface area contributed by atoms with E-state index in [0.29, 0.717) is 24.4 Å². The minimum absolute atomic E-state index is 0.169. The van der Waals surface area contributed by atoms with E-state index < -0.39 is 5.60 Å². The predicted molar refractivity (Wildman–Crippen MR) is 68.3 cm³/mol. The summed E-state index contributed by atoms with van der Waals surface area (Å²) in [4.78, 5) is 0. The average Bonchev–Trinajstić information content (AvgIpc) is 2.35. The molecule has 0 heterocycles. The number of benzene rings is 1. The minimum Gasteiger partial charge on any atom is -0.490 e. The van der Waals surface area contributed by atoms with Gasteiger partial charge in [-0.05, 0) is 49.9 Å². The van der Waals surface area contributed by atoms with Crippen LogP contribution < -0.4 is 10.5 Å². The summed E-state index contributed by atoms with van der Waals surface area (Å²) >= 11 is 5.81. The van der Waals surface area contributed by atoms with Crippen LogP contribution in [0.15, 0.2) is 24.3 Å². The average molecular weight is 256 g/mol. The Bertz CT molecular complexity index is 358. The lowest BCUT2D eigenvalue weighted by Crippen LogP contribution is -2.43. The zero-order valence-electron chi connectivity index (χ0n) is 9.73. The van der Waals surface area contributed by atoms with Crippen LogP contribution in [0.2, 0.25) is 5.02 Å². The highest BCUT2D eigenvalue weighted by Gasteiger charge is 2.32. The van der Waals surface area contributed by atoms with Gasteiger partial charge >= 0.3 is 0 Å². The van der Waals surface area contributed by atoms with Crippen molar-refractivity contribution in [2.45, 2.75) is 37.4 Å². The summed E-state index contributed by atoms with van der Waals surface area (Å²) in [5.74, 6) is 0.831. The first kappa shape index (κ1) is 12.7. The molecule has 0 aliphatic heterocycles. The van der Waals surface area contributed by atoms with E-state index in [0.717, 1.165) is 18.6 Å². The van der Waals surface area contributed by atoms with E-state index in [1.807, 2.05) is 24.3 Å². The summed E-state index contributed by atoms with van der Waals surface area (Å²) in [6.45, 7) is 0.334. The molecule has 1 aliphatic carbocycles. The first-order valence-corrected chi connectivity index (χ1v) is 6.34. The number of rotatable bonds is 3. The standard InChI is InChI=1S/C13H18ClNO2/c14-10-1-3-11(4-2-10)17-12-5-7-13(16,9-15)8-6-12/h1-4,12,16H,5-9,15H2. The molecule has 1 saturated carbocycles. The monoisotopic (exact) mass is 255 g/mol. The Morgan fingerprint density at radius 3 is 2.41 bits per heavy atom. The fourth-order valence-electron chi connectivity index (χ4n) is 2.16. The highest BCUT2D eigenvalue weighted by molar-refractivity contribution is 6.30. The molecular formula is C13H18ClNO2. The van der Waals surface area contributed by atoms with Gasteiger partial charge in [-0.3, -0.25) is 0 Å². The lowest BCUT2D eigenvalue weighted by Gasteiger charge is -2.35. The van der Waals surface area contributed by atoms with Crippen molar-refractivity contribution in [1.29, 1.82) is 0 Å². The largest absolute Gasteiger partial charge is 0.490 e. The van der Waals surface area contributed by atoms with Crippen LogP contribution in [0.5, 0.6) is 5.75 Å². The number of ether oxygens (including phenoxy) is 1. The molecule has 0 atom stereocenters. The SMILES string of the molecule is NCC1(O)CCC(Oc2ccc(Cl)cc2)CC1. The lowest BCUT2D eigenvalue weighted by atomic mass is 9.83. The Balaban J connectivity index is 1.88. The Labute approximate surface area is 107 Å². The fourth-order valence-corrected chi connectivity index (χ4v) is 2.28. The van der Waals surface area contributed by atoms with Gasteiger partial charge in [-0.1, -0.05) is 11.6 Å². The van der Waals surface area contributed by atoms with Gasteiger partial charge in [0, 0.05) is 11.6 Å². The maximum Gasteiger partial charge on any atom is 0.119 e. The van der Waals surface area contributed by atoms with Crippen molar-refractivity contribution < 1.29 is 9.84 Å². The van der Waals surface area contributed by atoms with Crippen molar-refractivity contribution in [2.24, 2.45) is 5.73 Å². The maximum absolute atomic E-state index is 10.0. The molecule has 0 radical (unpaired) electrons. The van der Waals surface area contributed by atoms with Crippen LogP contribution in [0.25, 0.3) is 0 Å². The molecule has 0 saturated heterocycles. The molecule has 1 aliphatic rings. The quantitative estimate of drug-likeness (QED) is 0.872. The van der Waals surface area contributed by atoms with Crippen molar-refractivity contribution >= 4 is 11.6 Å². The third-order valence-electron chi connectivity index (χ3n) is 3.36. The van der Waals surface area contributed by atoms with E-state index in [9.17, 15) is 5.11 Å². The Morgan fingerprint density at radius 1 is 1.29 bits per heavy atom. The van der Waals surface area contributed by atoms with Crippen LogP contribution >= 0.6 is 11.6 Å². The topological polar surface area (TPSA) is 55.5 Å². The molecule has 0 aromatic heterocycles. The van der Waals surface area contributed by atoms with Gasteiger partial charge in [0.1, 0.15) is 5.75 Å². The molecule has 0 amide bonds. The summed E-state index contributed by atoms with van der Waals surface area (Å²) < 4.78 is 5.84. The number of aliphatic hydroxyl groups is 1. The summed E-state index contributed by atoms with van der Waals surface area (Å²) in [7, 11) is 0. The van der Waals surface area contributed by atoms with E-state index in [1.54, 1.807) is 0 Å². The third-order valence-corrected chi connectivity index (χ3v) is 3.61.